The molecule has 5 rings (SSSR count). The first kappa shape index (κ1) is 29.1. The van der Waals surface area contributed by atoms with E-state index in [1.165, 1.54) is 23.1 Å². The monoisotopic (exact) mass is 613 g/mol. The number of benzene rings is 3. The summed E-state index contributed by atoms with van der Waals surface area (Å²) in [7, 11) is -4.25. The Labute approximate surface area is 249 Å². The highest BCUT2D eigenvalue weighted by molar-refractivity contribution is 7.90. The maximum absolute atomic E-state index is 14.1. The number of halogens is 2. The number of nitrogens with one attached hydrogen (secondary N) is 1. The van der Waals surface area contributed by atoms with Crippen molar-refractivity contribution in [3.63, 3.8) is 0 Å². The second-order valence-corrected chi connectivity index (χ2v) is 12.9. The van der Waals surface area contributed by atoms with Crippen LogP contribution in [0.25, 0.3) is 0 Å². The second kappa shape index (κ2) is 12.2. The van der Waals surface area contributed by atoms with Crippen LogP contribution >= 0.6 is 23.2 Å². The molecule has 1 aliphatic carbocycles. The predicted molar refractivity (Wildman–Crippen MR) is 156 cm³/mol. The van der Waals surface area contributed by atoms with Gasteiger partial charge in [-0.25, -0.2) is 12.7 Å². The Kier molecular flexibility index (Phi) is 8.68. The summed E-state index contributed by atoms with van der Waals surface area (Å²) in [6, 6.07) is 18.9. The number of hydrogen-bond donors (Lipinski definition) is 1. The third kappa shape index (κ3) is 6.12. The molecule has 1 fully saturated rings. The fourth-order valence-corrected chi connectivity index (χ4v) is 7.41. The van der Waals surface area contributed by atoms with Gasteiger partial charge in [0.2, 0.25) is 11.8 Å². The van der Waals surface area contributed by atoms with Crippen molar-refractivity contribution >= 4 is 50.9 Å². The fraction of sp³-hybridized carbons (Fsp3) is 0.300. The molecule has 1 N–H and O–H groups in total. The highest BCUT2D eigenvalue weighted by Crippen LogP contribution is 2.31. The minimum absolute atomic E-state index is 0.000750. The van der Waals surface area contributed by atoms with Gasteiger partial charge in [-0.15, -0.1) is 0 Å². The minimum Gasteiger partial charge on any atom is -0.352 e. The molecule has 11 heteroatoms. The molecule has 0 radical (unpaired) electrons. The second-order valence-electron chi connectivity index (χ2n) is 10.2. The standard InChI is InChI=1S/C30H29Cl2N3O5S/c31-24-14-8-15-25(32)23(24)18-34(28(36)19-35-30(38)22-13-6-7-16-27(22)41(35,39)40)26(17-20-9-2-1-3-10-20)29(37)33-21-11-4-5-12-21/h1-3,6-10,13-16,21,26H,4-5,11-12,17-19H2,(H,33,37)/t26-/m0/s1. The average molecular weight is 615 g/mol. The highest BCUT2D eigenvalue weighted by atomic mass is 35.5. The van der Waals surface area contributed by atoms with E-state index in [-0.39, 0.29) is 35.4 Å². The number of nitrogens with zero attached hydrogens (tertiary/aromatic N) is 2. The predicted octanol–water partition coefficient (Wildman–Crippen LogP) is 4.84. The van der Waals surface area contributed by atoms with E-state index >= 15 is 0 Å². The zero-order valence-corrected chi connectivity index (χ0v) is 24.5. The van der Waals surface area contributed by atoms with Crippen molar-refractivity contribution in [2.75, 3.05) is 6.54 Å². The van der Waals surface area contributed by atoms with E-state index in [0.717, 1.165) is 31.2 Å². The van der Waals surface area contributed by atoms with E-state index < -0.39 is 34.4 Å². The summed E-state index contributed by atoms with van der Waals surface area (Å²) in [6.07, 6.45) is 3.84. The SMILES string of the molecule is O=C(NC1CCCC1)[C@H](Cc1ccccc1)N(Cc1c(Cl)cccc1Cl)C(=O)CN1C(=O)c2ccccc2S1(=O)=O. The van der Waals surface area contributed by atoms with Crippen molar-refractivity contribution in [3.8, 4) is 0 Å². The molecule has 214 valence electrons. The Morgan fingerprint density at radius 1 is 0.927 bits per heavy atom. The summed E-state index contributed by atoms with van der Waals surface area (Å²) < 4.78 is 27.1. The molecule has 8 nitrogen and oxygen atoms in total. The molecule has 1 heterocycles. The zero-order chi connectivity index (χ0) is 29.1. The lowest BCUT2D eigenvalue weighted by atomic mass is 10.0. The summed E-state index contributed by atoms with van der Waals surface area (Å²) >= 11 is 13.0. The van der Waals surface area contributed by atoms with Crippen LogP contribution in [0.4, 0.5) is 0 Å². The first-order valence-electron chi connectivity index (χ1n) is 13.4. The maximum atomic E-state index is 14.1. The van der Waals surface area contributed by atoms with E-state index in [4.69, 9.17) is 23.2 Å². The van der Waals surface area contributed by atoms with Gasteiger partial charge in [0.1, 0.15) is 17.5 Å². The molecular formula is C30H29Cl2N3O5S. The van der Waals surface area contributed by atoms with Gasteiger partial charge in [0, 0.05) is 34.6 Å². The maximum Gasteiger partial charge on any atom is 0.269 e. The summed E-state index contributed by atoms with van der Waals surface area (Å²) in [5.41, 5.74) is 1.22. The Bertz CT molecular complexity index is 1560. The van der Waals surface area contributed by atoms with Gasteiger partial charge >= 0.3 is 0 Å². The number of fused-ring (bicyclic) bond motifs is 1. The molecule has 1 saturated carbocycles. The van der Waals surface area contributed by atoms with Crippen molar-refractivity contribution < 1.29 is 22.8 Å². The van der Waals surface area contributed by atoms with Crippen molar-refractivity contribution in [2.45, 2.75) is 55.6 Å². The molecule has 3 aromatic carbocycles. The van der Waals surface area contributed by atoms with Crippen LogP contribution in [-0.4, -0.2) is 54.0 Å². The molecule has 0 aromatic heterocycles. The topological polar surface area (TPSA) is 104 Å². The van der Waals surface area contributed by atoms with Crippen LogP contribution in [0.15, 0.2) is 77.7 Å². The molecule has 1 aliphatic heterocycles. The average Bonchev–Trinajstić information content (AvgIpc) is 3.53. The van der Waals surface area contributed by atoms with Crippen molar-refractivity contribution in [1.29, 1.82) is 0 Å². The normalized spacial score (nSPS) is 16.8. The molecular weight excluding hydrogens is 585 g/mol. The van der Waals surface area contributed by atoms with Gasteiger partial charge in [-0.2, -0.15) is 0 Å². The van der Waals surface area contributed by atoms with E-state index in [1.807, 2.05) is 30.3 Å². The van der Waals surface area contributed by atoms with Gasteiger partial charge in [-0.3, -0.25) is 14.4 Å². The molecule has 0 bridgehead atoms. The van der Waals surface area contributed by atoms with Gasteiger partial charge in [-0.05, 0) is 42.7 Å². The molecule has 0 unspecified atom stereocenters. The largest absolute Gasteiger partial charge is 0.352 e. The number of amides is 3. The van der Waals surface area contributed by atoms with E-state index in [0.29, 0.717) is 19.9 Å². The lowest BCUT2D eigenvalue weighted by Crippen LogP contribution is -2.54. The molecule has 3 amide bonds. The van der Waals surface area contributed by atoms with Gasteiger partial charge in [-0.1, -0.05) is 84.6 Å². The van der Waals surface area contributed by atoms with Gasteiger partial charge in [0.25, 0.3) is 15.9 Å². The molecule has 0 saturated heterocycles. The Morgan fingerprint density at radius 3 is 2.22 bits per heavy atom. The minimum atomic E-state index is -4.25. The number of hydrogen-bond acceptors (Lipinski definition) is 5. The first-order chi connectivity index (χ1) is 19.7. The van der Waals surface area contributed by atoms with Crippen LogP contribution in [-0.2, 0) is 32.6 Å². The van der Waals surface area contributed by atoms with Gasteiger partial charge in [0.05, 0.1) is 5.56 Å². The number of sulfonamides is 1. The van der Waals surface area contributed by atoms with Crippen LogP contribution in [0, 0.1) is 0 Å². The molecule has 2 aliphatic rings. The molecule has 41 heavy (non-hydrogen) atoms. The van der Waals surface area contributed by atoms with Crippen LogP contribution in [0.1, 0.15) is 47.2 Å². The van der Waals surface area contributed by atoms with Crippen LogP contribution in [0.3, 0.4) is 0 Å². The Balaban J connectivity index is 1.53. The van der Waals surface area contributed by atoms with Gasteiger partial charge < -0.3 is 10.2 Å². The summed E-state index contributed by atoms with van der Waals surface area (Å²) in [6.45, 7) is -0.943. The summed E-state index contributed by atoms with van der Waals surface area (Å²) in [5, 5.41) is 3.67. The number of carbonyl (C=O) groups excluding carboxylic acids is 3. The molecule has 0 spiro atoms. The zero-order valence-electron chi connectivity index (χ0n) is 22.1. The highest BCUT2D eigenvalue weighted by Gasteiger charge is 2.43. The van der Waals surface area contributed by atoms with E-state index in [9.17, 15) is 22.8 Å². The third-order valence-corrected chi connectivity index (χ3v) is 10.0. The third-order valence-electron chi connectivity index (χ3n) is 7.55. The smallest absolute Gasteiger partial charge is 0.269 e. The fourth-order valence-electron chi connectivity index (χ4n) is 5.38. The first-order valence-corrected chi connectivity index (χ1v) is 15.6. The van der Waals surface area contributed by atoms with Crippen molar-refractivity contribution in [1.82, 2.24) is 14.5 Å². The van der Waals surface area contributed by atoms with Crippen LogP contribution in [0.2, 0.25) is 10.0 Å². The number of rotatable bonds is 9. The van der Waals surface area contributed by atoms with E-state index in [1.54, 1.807) is 24.3 Å². The van der Waals surface area contributed by atoms with Crippen molar-refractivity contribution in [3.05, 3.63) is 99.5 Å². The summed E-state index contributed by atoms with van der Waals surface area (Å²) in [5.74, 6) is -1.89. The van der Waals surface area contributed by atoms with Gasteiger partial charge in [0.15, 0.2) is 0 Å². The molecule has 3 aromatic rings. The Hall–Kier alpha value is -3.40. The number of carbonyl (C=O) groups is 3. The quantitative estimate of drug-likeness (QED) is 0.372. The Morgan fingerprint density at radius 2 is 1.56 bits per heavy atom. The summed E-state index contributed by atoms with van der Waals surface area (Å²) in [4.78, 5) is 42.2. The molecule has 1 atom stereocenters. The lowest BCUT2D eigenvalue weighted by molar-refractivity contribution is -0.141. The van der Waals surface area contributed by atoms with Crippen LogP contribution < -0.4 is 5.32 Å². The van der Waals surface area contributed by atoms with Crippen molar-refractivity contribution in [2.24, 2.45) is 0 Å². The lowest BCUT2D eigenvalue weighted by Gasteiger charge is -2.33. The van der Waals surface area contributed by atoms with E-state index in [2.05, 4.69) is 5.32 Å². The van der Waals surface area contributed by atoms with Crippen LogP contribution in [0.5, 0.6) is 0 Å².